The van der Waals surface area contributed by atoms with Crippen LogP contribution in [0.1, 0.15) is 236 Å². The van der Waals surface area contributed by atoms with Crippen molar-refractivity contribution in [3.8, 4) is 0 Å². The largest absolute Gasteiger partial charge is 0.460 e. The number of carbonyl (C=O) groups is 8. The molecule has 0 spiro atoms. The summed E-state index contributed by atoms with van der Waals surface area (Å²) in [7, 11) is 1.37. The molecule has 444 valence electrons. The van der Waals surface area contributed by atoms with Gasteiger partial charge in [0.25, 0.3) is 0 Å². The number of aliphatic hydroxyl groups is 1. The van der Waals surface area contributed by atoms with Gasteiger partial charge < -0.3 is 51.4 Å². The summed E-state index contributed by atoms with van der Waals surface area (Å²) in [6, 6.07) is -8.44. The average molecular weight is 1090 g/mol. The van der Waals surface area contributed by atoms with Crippen LogP contribution in [0.5, 0.6) is 0 Å². The molecule has 7 N–H and O–H groups in total. The Bertz CT molecular complexity index is 1780. The molecule has 0 saturated carbocycles. The molecule has 0 aliphatic carbocycles. The van der Waals surface area contributed by atoms with E-state index in [9.17, 15) is 43.5 Å². The SMILES string of the molecule is CCCCCCCCCCCCCCCCCCCCCCC[C@@H]1CC(=O)N[C@H]([C@H](C)O)C(=O)N[C@@H](C(C)C)C(=O)N[C@@H](C)C(=O)N2CCC[C@@H]2C(=O)N[C@H]([C@@H](C)CC)C(=O)N[C@@H](C(C)C)C(=O)N[C@@H]([C@@H](C)OC)C(=O)O1. The number of fused-ring (bicyclic) bond motifs is 1. The number of methoxy groups -OCH3 is 1. The van der Waals surface area contributed by atoms with Gasteiger partial charge in [0.2, 0.25) is 41.4 Å². The van der Waals surface area contributed by atoms with Crippen molar-refractivity contribution in [1.82, 2.24) is 36.8 Å². The fourth-order valence-electron chi connectivity index (χ4n) is 10.3. The summed E-state index contributed by atoms with van der Waals surface area (Å²) in [5.41, 5.74) is 0. The van der Waals surface area contributed by atoms with Crippen molar-refractivity contribution in [2.24, 2.45) is 17.8 Å². The fourth-order valence-corrected chi connectivity index (χ4v) is 10.3. The highest BCUT2D eigenvalue weighted by Crippen LogP contribution is 2.22. The number of aliphatic hydroxyl groups excluding tert-OH is 1. The molecule has 0 aromatic heterocycles. The quantitative estimate of drug-likeness (QED) is 0.0284. The van der Waals surface area contributed by atoms with Crippen LogP contribution in [0.25, 0.3) is 0 Å². The molecular weight excluding hydrogens is 983 g/mol. The summed E-state index contributed by atoms with van der Waals surface area (Å²) in [5, 5.41) is 27.1. The molecule has 2 aliphatic heterocycles. The molecule has 2 rings (SSSR count). The van der Waals surface area contributed by atoms with Crippen molar-refractivity contribution >= 4 is 47.3 Å². The van der Waals surface area contributed by atoms with Crippen LogP contribution in [0.3, 0.4) is 0 Å². The van der Waals surface area contributed by atoms with E-state index in [4.69, 9.17) is 9.47 Å². The molecule has 0 unspecified atom stereocenters. The summed E-state index contributed by atoms with van der Waals surface area (Å²) in [4.78, 5) is 113. The predicted octanol–water partition coefficient (Wildman–Crippen LogP) is 7.60. The van der Waals surface area contributed by atoms with E-state index in [1.165, 1.54) is 129 Å². The molecule has 2 fully saturated rings. The molecule has 2 heterocycles. The molecule has 7 amide bonds. The third-order valence-corrected chi connectivity index (χ3v) is 15.7. The van der Waals surface area contributed by atoms with Crippen molar-refractivity contribution < 1.29 is 52.9 Å². The van der Waals surface area contributed by atoms with Gasteiger partial charge in [-0.15, -0.1) is 0 Å². The second kappa shape index (κ2) is 38.3. The lowest BCUT2D eigenvalue weighted by Gasteiger charge is -2.32. The van der Waals surface area contributed by atoms with Crippen LogP contribution in [0.4, 0.5) is 0 Å². The standard InChI is InChI=1S/C59H107N7O11/c1-12-14-15-16-17-18-19-20-21-22-23-24-25-26-27-28-29-30-31-32-33-35-45-38-47(68)61-51(43(9)67)57(73)63-48(39(3)4)54(70)60-42(8)58(74)66-37-34-36-46(66)53(69)64-50(41(7)13-2)56(72)62-49(40(5)6)55(71)65-52(44(10)76-11)59(75)77-45/h39-46,48-52,67H,12-38H2,1-11H3,(H,60,70)(H,61,68)(H,62,72)(H,63,73)(H,64,69)(H,65,71)/t41-,42-,43-,44+,45+,46+,48-,49-,50+,51+,52-/m0/s1. The summed E-state index contributed by atoms with van der Waals surface area (Å²) in [6.07, 6.45) is 23.6. The zero-order valence-electron chi connectivity index (χ0n) is 49.6. The van der Waals surface area contributed by atoms with Gasteiger partial charge in [0.15, 0.2) is 6.04 Å². The number of ether oxygens (including phenoxy) is 2. The number of carbonyl (C=O) groups excluding carboxylic acids is 8. The minimum absolute atomic E-state index is 0.219. The van der Waals surface area contributed by atoms with Gasteiger partial charge in [-0.1, -0.05) is 183 Å². The molecule has 18 nitrogen and oxygen atoms in total. The van der Waals surface area contributed by atoms with Gasteiger partial charge in [-0.25, -0.2) is 4.79 Å². The van der Waals surface area contributed by atoms with E-state index in [1.807, 2.05) is 6.92 Å². The first kappa shape index (κ1) is 68.8. The molecule has 0 aromatic carbocycles. The number of rotatable bonds is 29. The highest BCUT2D eigenvalue weighted by atomic mass is 16.5. The first-order valence-corrected chi connectivity index (χ1v) is 30.2. The van der Waals surface area contributed by atoms with E-state index in [2.05, 4.69) is 38.8 Å². The monoisotopic (exact) mass is 1090 g/mol. The van der Waals surface area contributed by atoms with Crippen molar-refractivity contribution in [3.05, 3.63) is 0 Å². The van der Waals surface area contributed by atoms with Crippen molar-refractivity contribution in [2.75, 3.05) is 13.7 Å². The van der Waals surface area contributed by atoms with E-state index in [0.29, 0.717) is 25.7 Å². The molecule has 0 aromatic rings. The number of esters is 1. The third-order valence-electron chi connectivity index (χ3n) is 15.7. The van der Waals surface area contributed by atoms with Crippen molar-refractivity contribution in [1.29, 1.82) is 0 Å². The summed E-state index contributed by atoms with van der Waals surface area (Å²) in [6.45, 7) is 17.4. The van der Waals surface area contributed by atoms with E-state index in [0.717, 1.165) is 25.7 Å². The van der Waals surface area contributed by atoms with Gasteiger partial charge >= 0.3 is 5.97 Å². The van der Waals surface area contributed by atoms with E-state index >= 15 is 0 Å². The van der Waals surface area contributed by atoms with Crippen LogP contribution in [-0.4, -0.2) is 132 Å². The van der Waals surface area contributed by atoms with Crippen LogP contribution in [0.15, 0.2) is 0 Å². The number of hydrogen-bond acceptors (Lipinski definition) is 11. The Morgan fingerprint density at radius 1 is 0.545 bits per heavy atom. The summed E-state index contributed by atoms with van der Waals surface area (Å²) < 4.78 is 11.6. The number of amides is 7. The third kappa shape index (κ3) is 25.6. The lowest BCUT2D eigenvalue weighted by atomic mass is 9.96. The Balaban J connectivity index is 2.27. The van der Waals surface area contributed by atoms with E-state index in [1.54, 1.807) is 41.5 Å². The van der Waals surface area contributed by atoms with Crippen LogP contribution in [0, 0.1) is 17.8 Å². The first-order valence-electron chi connectivity index (χ1n) is 30.2. The Hall–Kier alpha value is -4.32. The van der Waals surface area contributed by atoms with Gasteiger partial charge in [0.05, 0.1) is 18.6 Å². The molecule has 2 saturated heterocycles. The average Bonchev–Trinajstić information content (AvgIpc) is 3.89. The lowest BCUT2D eigenvalue weighted by molar-refractivity contribution is -0.158. The molecule has 0 bridgehead atoms. The Morgan fingerprint density at radius 2 is 0.961 bits per heavy atom. The summed E-state index contributed by atoms with van der Waals surface area (Å²) >= 11 is 0. The highest BCUT2D eigenvalue weighted by molar-refractivity contribution is 5.98. The van der Waals surface area contributed by atoms with Gasteiger partial charge in [0.1, 0.15) is 42.4 Å². The van der Waals surface area contributed by atoms with Gasteiger partial charge in [-0.3, -0.25) is 33.6 Å². The normalized spacial score (nSPS) is 25.4. The molecule has 0 radical (unpaired) electrons. The number of hydrogen-bond donors (Lipinski definition) is 7. The minimum atomic E-state index is -1.52. The molecule has 77 heavy (non-hydrogen) atoms. The van der Waals surface area contributed by atoms with Gasteiger partial charge in [-0.2, -0.15) is 0 Å². The second-order valence-corrected chi connectivity index (χ2v) is 23.1. The van der Waals surface area contributed by atoms with Crippen molar-refractivity contribution in [2.45, 2.75) is 297 Å². The zero-order chi connectivity index (χ0) is 57.5. The Labute approximate surface area is 463 Å². The van der Waals surface area contributed by atoms with Crippen molar-refractivity contribution in [3.63, 3.8) is 0 Å². The van der Waals surface area contributed by atoms with E-state index in [-0.39, 0.29) is 19.4 Å². The topological polar surface area (TPSA) is 251 Å². The molecule has 2 aliphatic rings. The number of cyclic esters (lactones) is 1. The van der Waals surface area contributed by atoms with E-state index < -0.39 is 126 Å². The number of nitrogens with one attached hydrogen (secondary N) is 6. The maximum atomic E-state index is 14.2. The lowest BCUT2D eigenvalue weighted by Crippen LogP contribution is -2.61. The first-order chi connectivity index (χ1) is 36.7. The molecular formula is C59H107N7O11. The van der Waals surface area contributed by atoms with Crippen LogP contribution in [-0.2, 0) is 47.8 Å². The minimum Gasteiger partial charge on any atom is -0.460 e. The zero-order valence-corrected chi connectivity index (χ0v) is 49.6. The summed E-state index contributed by atoms with van der Waals surface area (Å²) in [5.74, 6) is -6.94. The number of nitrogens with zero attached hydrogens (tertiary/aromatic N) is 1. The fraction of sp³-hybridized carbons (Fsp3) is 0.864. The maximum absolute atomic E-state index is 14.2. The van der Waals surface area contributed by atoms with Crippen LogP contribution >= 0.6 is 0 Å². The van der Waals surface area contributed by atoms with Crippen LogP contribution in [0.2, 0.25) is 0 Å². The van der Waals surface area contributed by atoms with Crippen LogP contribution < -0.4 is 31.9 Å². The number of unbranched alkanes of at least 4 members (excludes halogenated alkanes) is 20. The molecule has 11 atom stereocenters. The predicted molar refractivity (Wildman–Crippen MR) is 301 cm³/mol. The maximum Gasteiger partial charge on any atom is 0.331 e. The molecule has 18 heteroatoms. The van der Waals surface area contributed by atoms with Gasteiger partial charge in [-0.05, 0) is 64.2 Å². The second-order valence-electron chi connectivity index (χ2n) is 23.1. The van der Waals surface area contributed by atoms with Gasteiger partial charge in [0, 0.05) is 13.7 Å². The smallest absolute Gasteiger partial charge is 0.331 e. The Kier molecular flexibility index (Phi) is 34.2. The highest BCUT2D eigenvalue weighted by Gasteiger charge is 2.41. The Morgan fingerprint density at radius 3 is 1.40 bits per heavy atom.